The molecule has 6 nitrogen and oxygen atoms in total. The third-order valence-corrected chi connectivity index (χ3v) is 5.59. The summed E-state index contributed by atoms with van der Waals surface area (Å²) in [5.41, 5.74) is 7.97. The minimum Gasteiger partial charge on any atom is -0.493 e. The van der Waals surface area contributed by atoms with Crippen molar-refractivity contribution in [1.29, 1.82) is 0 Å². The Labute approximate surface area is 189 Å². The molecule has 1 heterocycles. The van der Waals surface area contributed by atoms with Gasteiger partial charge in [0, 0.05) is 32.2 Å². The maximum atomic E-state index is 12.9. The molecule has 3 rings (SSSR count). The van der Waals surface area contributed by atoms with E-state index in [2.05, 4.69) is 36.2 Å². The van der Waals surface area contributed by atoms with Crippen molar-refractivity contribution >= 4 is 23.2 Å². The maximum Gasteiger partial charge on any atom is 0.255 e. The lowest BCUT2D eigenvalue weighted by atomic mass is 10.1. The number of ether oxygens (including phenoxy) is 2. The lowest BCUT2D eigenvalue weighted by Gasteiger charge is -2.33. The molecule has 0 spiro atoms. The third kappa shape index (κ3) is 7.13. The van der Waals surface area contributed by atoms with Crippen LogP contribution in [0.4, 0.5) is 5.69 Å². The molecule has 2 aromatic carbocycles. The van der Waals surface area contributed by atoms with Gasteiger partial charge in [-0.1, -0.05) is 55.8 Å². The number of nitrogens with zero attached hydrogens (tertiary/aromatic N) is 1. The summed E-state index contributed by atoms with van der Waals surface area (Å²) in [5, 5.41) is 3.31. The molecule has 0 aromatic heterocycles. The molecule has 7 heteroatoms. The monoisotopic (exact) mass is 445 g/mol. The van der Waals surface area contributed by atoms with Crippen LogP contribution in [0.2, 0.25) is 5.02 Å². The number of amides is 1. The number of morpholine rings is 1. The predicted molar refractivity (Wildman–Crippen MR) is 125 cm³/mol. The van der Waals surface area contributed by atoms with Crippen molar-refractivity contribution in [2.24, 2.45) is 5.92 Å². The van der Waals surface area contributed by atoms with Crippen LogP contribution in [-0.4, -0.2) is 49.8 Å². The SMILES string of the molecule is CC(C)CCOc1cc(N)c(Cl)cc1C(=O)NCC1CN(Cc2ccccc2)CCO1. The Morgan fingerprint density at radius 3 is 2.84 bits per heavy atom. The van der Waals surface area contributed by atoms with Crippen molar-refractivity contribution in [3.63, 3.8) is 0 Å². The van der Waals surface area contributed by atoms with Gasteiger partial charge in [0.2, 0.25) is 0 Å². The van der Waals surface area contributed by atoms with Crippen LogP contribution in [0.1, 0.15) is 36.2 Å². The number of rotatable bonds is 9. The Bertz CT molecular complexity index is 861. The van der Waals surface area contributed by atoms with Gasteiger partial charge in [0.1, 0.15) is 5.75 Å². The average Bonchev–Trinajstić information content (AvgIpc) is 2.75. The Morgan fingerprint density at radius 2 is 2.10 bits per heavy atom. The van der Waals surface area contributed by atoms with Gasteiger partial charge in [-0.15, -0.1) is 0 Å². The van der Waals surface area contributed by atoms with Gasteiger partial charge in [0.25, 0.3) is 5.91 Å². The molecule has 3 N–H and O–H groups in total. The zero-order valence-electron chi connectivity index (χ0n) is 18.3. The van der Waals surface area contributed by atoms with Crippen molar-refractivity contribution in [3.8, 4) is 5.75 Å². The summed E-state index contributed by atoms with van der Waals surface area (Å²) in [5.74, 6) is 0.713. The quantitative estimate of drug-likeness (QED) is 0.571. The van der Waals surface area contributed by atoms with Crippen LogP contribution >= 0.6 is 11.6 Å². The second kappa shape index (κ2) is 11.4. The fourth-order valence-electron chi connectivity index (χ4n) is 3.46. The molecular formula is C24H32ClN3O3. The van der Waals surface area contributed by atoms with E-state index < -0.39 is 0 Å². The van der Waals surface area contributed by atoms with Crippen molar-refractivity contribution in [2.75, 3.05) is 38.6 Å². The summed E-state index contributed by atoms with van der Waals surface area (Å²) in [6, 6.07) is 13.6. The Hall–Kier alpha value is -2.28. The van der Waals surface area contributed by atoms with Crippen LogP contribution in [-0.2, 0) is 11.3 Å². The highest BCUT2D eigenvalue weighted by Gasteiger charge is 2.22. The summed E-state index contributed by atoms with van der Waals surface area (Å²) >= 11 is 6.17. The van der Waals surface area contributed by atoms with Gasteiger partial charge in [-0.25, -0.2) is 0 Å². The molecule has 1 saturated heterocycles. The Balaban J connectivity index is 1.57. The van der Waals surface area contributed by atoms with Gasteiger partial charge >= 0.3 is 0 Å². The van der Waals surface area contributed by atoms with Crippen molar-refractivity contribution < 1.29 is 14.3 Å². The molecular weight excluding hydrogens is 414 g/mol. The molecule has 1 amide bonds. The smallest absolute Gasteiger partial charge is 0.255 e. The zero-order valence-corrected chi connectivity index (χ0v) is 19.0. The number of nitrogens with one attached hydrogen (secondary N) is 1. The summed E-state index contributed by atoms with van der Waals surface area (Å²) in [4.78, 5) is 15.2. The second-order valence-electron chi connectivity index (χ2n) is 8.32. The first kappa shape index (κ1) is 23.4. The number of hydrogen-bond donors (Lipinski definition) is 2. The van der Waals surface area contributed by atoms with Gasteiger partial charge < -0.3 is 20.5 Å². The first-order valence-electron chi connectivity index (χ1n) is 10.8. The standard InChI is InChI=1S/C24H32ClN3O3/c1-17(2)8-10-31-23-13-22(26)21(25)12-20(23)24(29)27-14-19-16-28(9-11-30-19)15-18-6-4-3-5-7-18/h3-7,12-13,17,19H,8-11,14-16,26H2,1-2H3,(H,27,29). The second-order valence-corrected chi connectivity index (χ2v) is 8.73. The van der Waals surface area contributed by atoms with Gasteiger partial charge in [-0.05, 0) is 24.0 Å². The van der Waals surface area contributed by atoms with Crippen LogP contribution in [0.15, 0.2) is 42.5 Å². The number of carbonyl (C=O) groups is 1. The Kier molecular flexibility index (Phi) is 8.58. The molecule has 0 saturated carbocycles. The van der Waals surface area contributed by atoms with Gasteiger partial charge in [0.05, 0.1) is 35.6 Å². The van der Waals surface area contributed by atoms with Crippen LogP contribution in [0.25, 0.3) is 0 Å². The topological polar surface area (TPSA) is 76.8 Å². The lowest BCUT2D eigenvalue weighted by Crippen LogP contribution is -2.47. The van der Waals surface area contributed by atoms with E-state index in [1.807, 2.05) is 18.2 Å². The number of carbonyl (C=O) groups excluding carboxylic acids is 1. The number of nitrogens with two attached hydrogens (primary N) is 1. The summed E-state index contributed by atoms with van der Waals surface area (Å²) in [6.07, 6.45) is 0.812. The minimum atomic E-state index is -0.245. The molecule has 1 atom stereocenters. The molecule has 0 bridgehead atoms. The fraction of sp³-hybridized carbons (Fsp3) is 0.458. The number of halogens is 1. The number of anilines is 1. The average molecular weight is 446 g/mol. The number of hydrogen-bond acceptors (Lipinski definition) is 5. The van der Waals surface area contributed by atoms with Gasteiger partial charge in [0.15, 0.2) is 0 Å². The highest BCUT2D eigenvalue weighted by atomic mass is 35.5. The maximum absolute atomic E-state index is 12.9. The summed E-state index contributed by atoms with van der Waals surface area (Å²) in [7, 11) is 0. The summed E-state index contributed by atoms with van der Waals surface area (Å²) < 4.78 is 11.7. The normalized spacial score (nSPS) is 17.0. The van der Waals surface area contributed by atoms with E-state index in [9.17, 15) is 4.79 Å². The van der Waals surface area contributed by atoms with E-state index in [0.717, 1.165) is 26.1 Å². The minimum absolute atomic E-state index is 0.0732. The molecule has 1 unspecified atom stereocenters. The lowest BCUT2D eigenvalue weighted by molar-refractivity contribution is -0.0292. The van der Waals surface area contributed by atoms with Crippen molar-refractivity contribution in [2.45, 2.75) is 32.9 Å². The molecule has 31 heavy (non-hydrogen) atoms. The molecule has 0 radical (unpaired) electrons. The highest BCUT2D eigenvalue weighted by molar-refractivity contribution is 6.33. The number of nitrogen functional groups attached to an aromatic ring is 1. The van der Waals surface area contributed by atoms with Crippen molar-refractivity contribution in [3.05, 3.63) is 58.6 Å². The van der Waals surface area contributed by atoms with Crippen LogP contribution in [0.5, 0.6) is 5.75 Å². The van der Waals surface area contributed by atoms with E-state index >= 15 is 0 Å². The van der Waals surface area contributed by atoms with E-state index in [1.54, 1.807) is 12.1 Å². The van der Waals surface area contributed by atoms with E-state index in [1.165, 1.54) is 5.56 Å². The first-order chi connectivity index (χ1) is 14.9. The van der Waals surface area contributed by atoms with Crippen LogP contribution < -0.4 is 15.8 Å². The molecule has 1 aliphatic rings. The van der Waals surface area contributed by atoms with E-state index in [-0.39, 0.29) is 12.0 Å². The number of benzene rings is 2. The molecule has 168 valence electrons. The highest BCUT2D eigenvalue weighted by Crippen LogP contribution is 2.29. The largest absolute Gasteiger partial charge is 0.493 e. The van der Waals surface area contributed by atoms with Crippen LogP contribution in [0.3, 0.4) is 0 Å². The Morgan fingerprint density at radius 1 is 1.32 bits per heavy atom. The van der Waals surface area contributed by atoms with Crippen molar-refractivity contribution in [1.82, 2.24) is 10.2 Å². The fourth-order valence-corrected chi connectivity index (χ4v) is 3.63. The molecule has 1 fully saturated rings. The molecule has 0 aliphatic carbocycles. The molecule has 2 aromatic rings. The van der Waals surface area contributed by atoms with E-state index in [0.29, 0.717) is 47.7 Å². The van der Waals surface area contributed by atoms with Gasteiger partial charge in [-0.2, -0.15) is 0 Å². The van der Waals surface area contributed by atoms with E-state index in [4.69, 9.17) is 26.8 Å². The van der Waals surface area contributed by atoms with Crippen LogP contribution in [0, 0.1) is 5.92 Å². The predicted octanol–water partition coefficient (Wildman–Crippen LogP) is 3.98. The molecule has 1 aliphatic heterocycles. The zero-order chi connectivity index (χ0) is 22.2. The summed E-state index contributed by atoms with van der Waals surface area (Å²) in [6.45, 7) is 8.32. The third-order valence-electron chi connectivity index (χ3n) is 5.26. The van der Waals surface area contributed by atoms with Gasteiger partial charge in [-0.3, -0.25) is 9.69 Å². The first-order valence-corrected chi connectivity index (χ1v) is 11.2.